The van der Waals surface area contributed by atoms with Crippen molar-refractivity contribution in [3.05, 3.63) is 41.5 Å². The number of nitriles is 1. The van der Waals surface area contributed by atoms with Crippen LogP contribution in [0.5, 0.6) is 0 Å². The molecule has 3 nitrogen and oxygen atoms in total. The van der Waals surface area contributed by atoms with Crippen LogP contribution in [0.4, 0.5) is 5.69 Å². The Morgan fingerprint density at radius 2 is 2.10 bits per heavy atom. The molecule has 0 spiro atoms. The molecule has 1 atom stereocenters. The Morgan fingerprint density at radius 3 is 2.75 bits per heavy atom. The van der Waals surface area contributed by atoms with Gasteiger partial charge in [0.1, 0.15) is 0 Å². The van der Waals surface area contributed by atoms with E-state index in [-0.39, 0.29) is 11.9 Å². The van der Waals surface area contributed by atoms with E-state index in [1.807, 2.05) is 12.1 Å². The molecule has 3 heteroatoms. The molecule has 1 amide bonds. The van der Waals surface area contributed by atoms with Crippen LogP contribution in [-0.4, -0.2) is 11.9 Å². The van der Waals surface area contributed by atoms with Crippen LogP contribution in [0.3, 0.4) is 0 Å². The lowest BCUT2D eigenvalue weighted by atomic mass is 9.99. The number of benzene rings is 2. The highest BCUT2D eigenvalue weighted by atomic mass is 16.2. The molecule has 1 aliphatic heterocycles. The minimum absolute atomic E-state index is 0.0120. The summed E-state index contributed by atoms with van der Waals surface area (Å²) >= 11 is 0. The smallest absolute Gasteiger partial charge is 0.224 e. The largest absolute Gasteiger partial charge is 0.307 e. The van der Waals surface area contributed by atoms with Crippen molar-refractivity contribution in [3.63, 3.8) is 0 Å². The van der Waals surface area contributed by atoms with Gasteiger partial charge in [0.25, 0.3) is 0 Å². The second-order valence-electron chi connectivity index (χ2n) is 5.36. The minimum Gasteiger partial charge on any atom is -0.307 e. The van der Waals surface area contributed by atoms with Gasteiger partial charge in [0.15, 0.2) is 0 Å². The van der Waals surface area contributed by atoms with Crippen molar-refractivity contribution in [2.75, 3.05) is 4.90 Å². The molecule has 0 bridgehead atoms. The molecule has 20 heavy (non-hydrogen) atoms. The molecule has 3 rings (SSSR count). The van der Waals surface area contributed by atoms with Crippen molar-refractivity contribution in [3.8, 4) is 6.07 Å². The number of anilines is 1. The first-order valence-corrected chi connectivity index (χ1v) is 6.81. The molecule has 0 aromatic heterocycles. The van der Waals surface area contributed by atoms with E-state index >= 15 is 0 Å². The molecule has 0 aliphatic carbocycles. The number of nitrogens with zero attached hydrogens (tertiary/aromatic N) is 2. The van der Waals surface area contributed by atoms with Crippen molar-refractivity contribution in [2.24, 2.45) is 0 Å². The van der Waals surface area contributed by atoms with Gasteiger partial charge in [-0.25, -0.2) is 0 Å². The molecular formula is C17H16N2O. The summed E-state index contributed by atoms with van der Waals surface area (Å²) in [5.74, 6) is 0.0120. The Kier molecular flexibility index (Phi) is 2.94. The monoisotopic (exact) mass is 264 g/mol. The number of rotatable bonds is 1. The van der Waals surface area contributed by atoms with Crippen LogP contribution in [0.25, 0.3) is 10.8 Å². The summed E-state index contributed by atoms with van der Waals surface area (Å²) in [6.07, 6.45) is 1.15. The number of hydrogen-bond acceptors (Lipinski definition) is 2. The number of aryl methyl sites for hydroxylation is 1. The van der Waals surface area contributed by atoms with E-state index < -0.39 is 0 Å². The highest BCUT2D eigenvalue weighted by Gasteiger charge is 2.33. The molecular weight excluding hydrogens is 248 g/mol. The predicted molar refractivity (Wildman–Crippen MR) is 79.6 cm³/mol. The summed E-state index contributed by atoms with van der Waals surface area (Å²) < 4.78 is 0. The molecule has 100 valence electrons. The van der Waals surface area contributed by atoms with Crippen LogP contribution < -0.4 is 4.90 Å². The normalized spacial score (nSPS) is 17.1. The zero-order valence-electron chi connectivity index (χ0n) is 11.7. The van der Waals surface area contributed by atoms with Gasteiger partial charge in [-0.2, -0.15) is 5.26 Å². The van der Waals surface area contributed by atoms with E-state index in [0.717, 1.165) is 17.5 Å². The number of hydrogen-bond donors (Lipinski definition) is 0. The van der Waals surface area contributed by atoms with Crippen LogP contribution >= 0.6 is 0 Å². The Bertz CT molecular complexity index is 742. The topological polar surface area (TPSA) is 44.1 Å². The van der Waals surface area contributed by atoms with Crippen LogP contribution in [0, 0.1) is 18.3 Å². The van der Waals surface area contributed by atoms with Crippen molar-refractivity contribution < 1.29 is 4.79 Å². The molecule has 0 N–H and O–H groups in total. The van der Waals surface area contributed by atoms with Crippen LogP contribution in [0.15, 0.2) is 30.3 Å². The van der Waals surface area contributed by atoms with E-state index in [2.05, 4.69) is 31.2 Å². The van der Waals surface area contributed by atoms with Gasteiger partial charge in [-0.3, -0.25) is 4.79 Å². The van der Waals surface area contributed by atoms with Gasteiger partial charge in [0.05, 0.1) is 24.2 Å². The minimum atomic E-state index is -0.0299. The van der Waals surface area contributed by atoms with E-state index in [4.69, 9.17) is 5.26 Å². The summed E-state index contributed by atoms with van der Waals surface area (Å²) in [6, 6.07) is 12.5. The SMILES string of the molecule is CC(=O)N1c2c(cc(C)c3ccccc23)CC1CC#N. The Hall–Kier alpha value is -2.34. The number of fused-ring (bicyclic) bond motifs is 3. The Morgan fingerprint density at radius 1 is 1.40 bits per heavy atom. The first kappa shape index (κ1) is 12.7. The van der Waals surface area contributed by atoms with Gasteiger partial charge < -0.3 is 4.90 Å². The zero-order chi connectivity index (χ0) is 14.3. The summed E-state index contributed by atoms with van der Waals surface area (Å²) in [5.41, 5.74) is 3.40. The standard InChI is InChI=1S/C17H16N2O/c1-11-9-13-10-14(7-8-18)19(12(2)20)17(13)16-6-4-3-5-15(11)16/h3-6,9,14H,7,10H2,1-2H3. The number of amides is 1. The zero-order valence-corrected chi connectivity index (χ0v) is 11.7. The summed E-state index contributed by atoms with van der Waals surface area (Å²) in [5, 5.41) is 11.3. The third-order valence-electron chi connectivity index (χ3n) is 4.03. The van der Waals surface area contributed by atoms with E-state index in [0.29, 0.717) is 6.42 Å². The van der Waals surface area contributed by atoms with E-state index in [1.54, 1.807) is 11.8 Å². The molecule has 1 heterocycles. The molecule has 0 saturated carbocycles. The van der Waals surface area contributed by atoms with Crippen molar-refractivity contribution in [2.45, 2.75) is 32.7 Å². The second kappa shape index (κ2) is 4.64. The van der Waals surface area contributed by atoms with E-state index in [1.165, 1.54) is 16.5 Å². The van der Waals surface area contributed by atoms with Crippen LogP contribution in [-0.2, 0) is 11.2 Å². The third-order valence-corrected chi connectivity index (χ3v) is 4.03. The summed E-state index contributed by atoms with van der Waals surface area (Å²) in [7, 11) is 0. The maximum atomic E-state index is 12.0. The number of carbonyl (C=O) groups is 1. The van der Waals surface area contributed by atoms with Crippen molar-refractivity contribution in [1.82, 2.24) is 0 Å². The van der Waals surface area contributed by atoms with Crippen LogP contribution in [0.2, 0.25) is 0 Å². The predicted octanol–water partition coefficient (Wildman–Crippen LogP) is 3.34. The maximum Gasteiger partial charge on any atom is 0.224 e. The van der Waals surface area contributed by atoms with Crippen molar-refractivity contribution in [1.29, 1.82) is 5.26 Å². The van der Waals surface area contributed by atoms with Crippen molar-refractivity contribution >= 4 is 22.4 Å². The molecule has 1 aliphatic rings. The molecule has 2 aromatic rings. The molecule has 0 radical (unpaired) electrons. The third kappa shape index (κ3) is 1.77. The fraction of sp³-hybridized carbons (Fsp3) is 0.294. The quantitative estimate of drug-likeness (QED) is 0.793. The fourth-order valence-corrected chi connectivity index (χ4v) is 3.27. The molecule has 1 unspecified atom stereocenters. The summed E-state index contributed by atoms with van der Waals surface area (Å²) in [4.78, 5) is 13.8. The highest BCUT2D eigenvalue weighted by molar-refractivity contribution is 6.07. The second-order valence-corrected chi connectivity index (χ2v) is 5.36. The van der Waals surface area contributed by atoms with E-state index in [9.17, 15) is 4.79 Å². The molecule has 2 aromatic carbocycles. The van der Waals surface area contributed by atoms with Gasteiger partial charge in [-0.1, -0.05) is 30.3 Å². The number of carbonyl (C=O) groups excluding carboxylic acids is 1. The lowest BCUT2D eigenvalue weighted by Crippen LogP contribution is -2.35. The average Bonchev–Trinajstić information content (AvgIpc) is 2.78. The molecule has 0 fully saturated rings. The first-order chi connectivity index (χ1) is 9.63. The van der Waals surface area contributed by atoms with Gasteiger partial charge in [-0.05, 0) is 29.9 Å². The van der Waals surface area contributed by atoms with Gasteiger partial charge in [-0.15, -0.1) is 0 Å². The Balaban J connectivity index is 2.28. The van der Waals surface area contributed by atoms with Crippen LogP contribution in [0.1, 0.15) is 24.5 Å². The summed E-state index contributed by atoms with van der Waals surface area (Å²) in [6.45, 7) is 3.67. The van der Waals surface area contributed by atoms with Gasteiger partial charge in [0.2, 0.25) is 5.91 Å². The van der Waals surface area contributed by atoms with Gasteiger partial charge in [0, 0.05) is 12.3 Å². The van der Waals surface area contributed by atoms with Gasteiger partial charge >= 0.3 is 0 Å². The molecule has 0 saturated heterocycles. The lowest BCUT2D eigenvalue weighted by molar-refractivity contribution is -0.116. The Labute approximate surface area is 118 Å². The maximum absolute atomic E-state index is 12.0. The average molecular weight is 264 g/mol. The fourth-order valence-electron chi connectivity index (χ4n) is 3.27. The highest BCUT2D eigenvalue weighted by Crippen LogP contribution is 2.40. The first-order valence-electron chi connectivity index (χ1n) is 6.81. The lowest BCUT2D eigenvalue weighted by Gasteiger charge is -2.23.